The van der Waals surface area contributed by atoms with E-state index in [1.807, 2.05) is 12.3 Å². The van der Waals surface area contributed by atoms with Crippen LogP contribution in [0.2, 0.25) is 0 Å². The van der Waals surface area contributed by atoms with Crippen molar-refractivity contribution in [3.05, 3.63) is 48.3 Å². The van der Waals surface area contributed by atoms with Crippen molar-refractivity contribution in [2.75, 3.05) is 32.5 Å². The van der Waals surface area contributed by atoms with Gasteiger partial charge in [0.2, 0.25) is 0 Å². The summed E-state index contributed by atoms with van der Waals surface area (Å²) in [6.07, 6.45) is 4.89. The zero-order valence-electron chi connectivity index (χ0n) is 14.9. The van der Waals surface area contributed by atoms with Gasteiger partial charge in [0.05, 0.1) is 0 Å². The average Bonchev–Trinajstić information content (AvgIpc) is 3.17. The maximum atomic E-state index is 13.0. The van der Waals surface area contributed by atoms with E-state index in [-0.39, 0.29) is 24.2 Å². The van der Waals surface area contributed by atoms with E-state index in [2.05, 4.69) is 15.7 Å². The summed E-state index contributed by atoms with van der Waals surface area (Å²) < 4.78 is 1.76. The molecule has 8 heteroatoms. The molecule has 26 heavy (non-hydrogen) atoms. The van der Waals surface area contributed by atoms with Crippen LogP contribution in [0.1, 0.15) is 23.2 Å². The summed E-state index contributed by atoms with van der Waals surface area (Å²) in [5, 5.41) is 10.6. The van der Waals surface area contributed by atoms with E-state index in [9.17, 15) is 9.59 Å². The number of hydrogen-bond acceptors (Lipinski definition) is 4. The first-order chi connectivity index (χ1) is 12.0. The van der Waals surface area contributed by atoms with E-state index in [4.69, 9.17) is 0 Å². The lowest BCUT2D eigenvalue weighted by Crippen LogP contribution is -2.52. The molecule has 3 rings (SSSR count). The highest BCUT2D eigenvalue weighted by Crippen LogP contribution is 2.28. The van der Waals surface area contributed by atoms with Crippen LogP contribution in [0.15, 0.2) is 42.7 Å². The molecule has 1 aliphatic heterocycles. The molecular weight excluding hydrogens is 354 g/mol. The number of halogens is 1. The van der Waals surface area contributed by atoms with Crippen molar-refractivity contribution in [1.82, 2.24) is 20.0 Å². The van der Waals surface area contributed by atoms with Crippen LogP contribution in [0.25, 0.3) is 0 Å². The van der Waals surface area contributed by atoms with Gasteiger partial charge in [-0.05, 0) is 56.3 Å². The Kier molecular flexibility index (Phi) is 6.39. The van der Waals surface area contributed by atoms with Crippen LogP contribution >= 0.6 is 12.4 Å². The monoisotopic (exact) mass is 377 g/mol. The van der Waals surface area contributed by atoms with Crippen LogP contribution in [-0.4, -0.2) is 53.7 Å². The molecule has 0 aliphatic carbocycles. The van der Waals surface area contributed by atoms with Crippen molar-refractivity contribution in [3.63, 3.8) is 0 Å². The molecule has 2 N–H and O–H groups in total. The van der Waals surface area contributed by atoms with Gasteiger partial charge in [-0.2, -0.15) is 5.10 Å². The highest BCUT2D eigenvalue weighted by atomic mass is 35.5. The molecule has 1 aromatic heterocycles. The Morgan fingerprint density at radius 3 is 2.38 bits per heavy atom. The first-order valence-corrected chi connectivity index (χ1v) is 8.37. The smallest absolute Gasteiger partial charge is 0.253 e. The van der Waals surface area contributed by atoms with Gasteiger partial charge in [0.15, 0.2) is 0 Å². The second-order valence-electron chi connectivity index (χ2n) is 6.46. The number of benzene rings is 1. The Balaban J connectivity index is 0.00000243. The first-order valence-electron chi connectivity index (χ1n) is 8.37. The van der Waals surface area contributed by atoms with E-state index >= 15 is 0 Å². The highest BCUT2D eigenvalue weighted by Gasteiger charge is 2.42. The molecule has 7 nitrogen and oxygen atoms in total. The second-order valence-corrected chi connectivity index (χ2v) is 6.46. The second kappa shape index (κ2) is 8.33. The van der Waals surface area contributed by atoms with Gasteiger partial charge in [-0.25, -0.2) is 0 Å². The minimum absolute atomic E-state index is 0. The molecule has 1 aliphatic rings. The third kappa shape index (κ3) is 3.89. The summed E-state index contributed by atoms with van der Waals surface area (Å²) in [7, 11) is 3.42. The number of nitrogens with zero attached hydrogens (tertiary/aromatic N) is 3. The number of rotatable bonds is 4. The summed E-state index contributed by atoms with van der Waals surface area (Å²) in [5.41, 5.74) is 0.574. The standard InChI is InChI=1S/C18H23N5O2.ClH/c1-22(2)16(24)14-4-6-15(7-5-14)21-17(25)18(8-11-19-12-9-18)23-13-3-10-20-23;/h3-7,10,13,19H,8-9,11-12H2,1-2H3,(H,21,25);1H. The van der Waals surface area contributed by atoms with E-state index in [0.29, 0.717) is 24.1 Å². The molecule has 0 radical (unpaired) electrons. The summed E-state index contributed by atoms with van der Waals surface area (Å²) >= 11 is 0. The SMILES string of the molecule is CN(C)C(=O)c1ccc(NC(=O)C2(n3cccn3)CCNCC2)cc1.Cl. The Morgan fingerprint density at radius 2 is 1.85 bits per heavy atom. The predicted molar refractivity (Wildman–Crippen MR) is 103 cm³/mol. The van der Waals surface area contributed by atoms with Gasteiger partial charge in [0.1, 0.15) is 5.54 Å². The first kappa shape index (κ1) is 19.9. The Labute approximate surface area is 159 Å². The van der Waals surface area contributed by atoms with Crippen molar-refractivity contribution in [2.24, 2.45) is 0 Å². The quantitative estimate of drug-likeness (QED) is 0.850. The topological polar surface area (TPSA) is 79.3 Å². The van der Waals surface area contributed by atoms with Crippen LogP contribution in [0.3, 0.4) is 0 Å². The van der Waals surface area contributed by atoms with Crippen LogP contribution in [0, 0.1) is 0 Å². The molecule has 140 valence electrons. The third-order valence-corrected chi connectivity index (χ3v) is 4.59. The maximum absolute atomic E-state index is 13.0. The van der Waals surface area contributed by atoms with Gasteiger partial charge in [-0.3, -0.25) is 14.3 Å². The third-order valence-electron chi connectivity index (χ3n) is 4.59. The van der Waals surface area contributed by atoms with Gasteiger partial charge in [0, 0.05) is 37.7 Å². The Bertz CT molecular complexity index is 737. The molecule has 1 saturated heterocycles. The maximum Gasteiger partial charge on any atom is 0.253 e. The number of amides is 2. The zero-order chi connectivity index (χ0) is 17.9. The summed E-state index contributed by atoms with van der Waals surface area (Å²) in [5.74, 6) is -0.145. The molecule has 0 atom stereocenters. The zero-order valence-corrected chi connectivity index (χ0v) is 15.8. The molecular formula is C18H24ClN5O2. The fourth-order valence-electron chi connectivity index (χ4n) is 3.12. The van der Waals surface area contributed by atoms with Crippen molar-refractivity contribution in [2.45, 2.75) is 18.4 Å². The van der Waals surface area contributed by atoms with Crippen LogP contribution in [-0.2, 0) is 10.3 Å². The molecule has 1 fully saturated rings. The average molecular weight is 378 g/mol. The fourth-order valence-corrected chi connectivity index (χ4v) is 3.12. The molecule has 0 bridgehead atoms. The number of hydrogen-bond donors (Lipinski definition) is 2. The molecule has 0 unspecified atom stereocenters. The van der Waals surface area contributed by atoms with E-state index in [0.717, 1.165) is 13.1 Å². The molecule has 2 heterocycles. The lowest BCUT2D eigenvalue weighted by Gasteiger charge is -2.36. The normalized spacial score (nSPS) is 15.6. The summed E-state index contributed by atoms with van der Waals surface area (Å²) in [6, 6.07) is 8.79. The Hall–Kier alpha value is -2.38. The van der Waals surface area contributed by atoms with Gasteiger partial charge >= 0.3 is 0 Å². The molecule has 2 aromatic rings. The van der Waals surface area contributed by atoms with E-state index < -0.39 is 5.54 Å². The van der Waals surface area contributed by atoms with Crippen LogP contribution < -0.4 is 10.6 Å². The molecule has 1 aromatic carbocycles. The fraction of sp³-hybridized carbons (Fsp3) is 0.389. The van der Waals surface area contributed by atoms with Gasteiger partial charge in [-0.1, -0.05) is 0 Å². The lowest BCUT2D eigenvalue weighted by molar-refractivity contribution is -0.126. The number of carbonyl (C=O) groups is 2. The minimum Gasteiger partial charge on any atom is -0.345 e. The van der Waals surface area contributed by atoms with Gasteiger partial charge in [-0.15, -0.1) is 12.4 Å². The molecule has 2 amide bonds. The van der Waals surface area contributed by atoms with Crippen molar-refractivity contribution in [1.29, 1.82) is 0 Å². The largest absolute Gasteiger partial charge is 0.345 e. The minimum atomic E-state index is -0.688. The summed E-state index contributed by atoms with van der Waals surface area (Å²) in [6.45, 7) is 1.53. The van der Waals surface area contributed by atoms with Gasteiger partial charge < -0.3 is 15.5 Å². The number of nitrogens with one attached hydrogen (secondary N) is 2. The van der Waals surface area contributed by atoms with Crippen LogP contribution in [0.5, 0.6) is 0 Å². The molecule has 0 saturated carbocycles. The van der Waals surface area contributed by atoms with Crippen molar-refractivity contribution < 1.29 is 9.59 Å². The number of piperidine rings is 1. The Morgan fingerprint density at radius 1 is 1.19 bits per heavy atom. The lowest BCUT2D eigenvalue weighted by atomic mass is 9.87. The van der Waals surface area contributed by atoms with Crippen molar-refractivity contribution in [3.8, 4) is 0 Å². The molecule has 0 spiro atoms. The van der Waals surface area contributed by atoms with Gasteiger partial charge in [0.25, 0.3) is 11.8 Å². The predicted octanol–water partition coefficient (Wildman–Crippen LogP) is 1.72. The summed E-state index contributed by atoms with van der Waals surface area (Å²) in [4.78, 5) is 26.5. The number of carbonyl (C=O) groups excluding carboxylic acids is 2. The van der Waals surface area contributed by atoms with Crippen molar-refractivity contribution >= 4 is 29.9 Å². The van der Waals surface area contributed by atoms with E-state index in [1.165, 1.54) is 4.90 Å². The van der Waals surface area contributed by atoms with Crippen LogP contribution in [0.4, 0.5) is 5.69 Å². The highest BCUT2D eigenvalue weighted by molar-refractivity contribution is 5.98. The van der Waals surface area contributed by atoms with E-state index in [1.54, 1.807) is 49.2 Å². The number of aromatic nitrogens is 2. The number of anilines is 1.